The molecule has 2 aliphatic heterocycles. The summed E-state index contributed by atoms with van der Waals surface area (Å²) in [5.41, 5.74) is -0.212. The minimum atomic E-state index is -1.51. The Bertz CT molecular complexity index is 847. The number of imide groups is 1. The summed E-state index contributed by atoms with van der Waals surface area (Å²) in [5, 5.41) is 4.95. The lowest BCUT2D eigenvalue weighted by Crippen LogP contribution is -2.51. The highest BCUT2D eigenvalue weighted by molar-refractivity contribution is 6.39. The second kappa shape index (κ2) is 6.36. The average Bonchev–Trinajstić information content (AvgIpc) is 3.07. The van der Waals surface area contributed by atoms with Gasteiger partial charge in [0.05, 0.1) is 18.7 Å². The fourth-order valence-corrected chi connectivity index (χ4v) is 3.36. The SMILES string of the molecule is CCOC(=O)C1=NN(C(C)=O)[C@@]2(CC(=O)N(c3cccc(C)c3)C2=O)C1. The first-order valence-corrected chi connectivity index (χ1v) is 8.29. The summed E-state index contributed by atoms with van der Waals surface area (Å²) in [5.74, 6) is -2.21. The smallest absolute Gasteiger partial charge is 0.354 e. The van der Waals surface area contributed by atoms with Gasteiger partial charge < -0.3 is 4.74 Å². The Morgan fingerprint density at radius 3 is 2.62 bits per heavy atom. The molecule has 1 spiro atoms. The molecule has 1 fully saturated rings. The van der Waals surface area contributed by atoms with Crippen molar-refractivity contribution in [2.24, 2.45) is 5.10 Å². The maximum Gasteiger partial charge on any atom is 0.354 e. The van der Waals surface area contributed by atoms with Gasteiger partial charge in [-0.25, -0.2) is 14.7 Å². The zero-order valence-corrected chi connectivity index (χ0v) is 14.8. The van der Waals surface area contributed by atoms with Crippen molar-refractivity contribution in [2.45, 2.75) is 39.2 Å². The molecule has 136 valence electrons. The lowest BCUT2D eigenvalue weighted by molar-refractivity contribution is -0.141. The summed E-state index contributed by atoms with van der Waals surface area (Å²) in [4.78, 5) is 51.0. The molecule has 1 aromatic rings. The van der Waals surface area contributed by atoms with E-state index in [1.165, 1.54) is 6.92 Å². The van der Waals surface area contributed by atoms with E-state index in [2.05, 4.69) is 5.10 Å². The van der Waals surface area contributed by atoms with Crippen molar-refractivity contribution in [2.75, 3.05) is 11.5 Å². The number of hydrazone groups is 1. The molecule has 3 amide bonds. The van der Waals surface area contributed by atoms with Crippen molar-refractivity contribution in [1.29, 1.82) is 0 Å². The molecule has 3 rings (SSSR count). The molecule has 0 aliphatic carbocycles. The van der Waals surface area contributed by atoms with Crippen molar-refractivity contribution in [3.05, 3.63) is 29.8 Å². The second-order valence-electron chi connectivity index (χ2n) is 6.36. The van der Waals surface area contributed by atoms with Gasteiger partial charge in [0.1, 0.15) is 5.71 Å². The highest BCUT2D eigenvalue weighted by Crippen LogP contribution is 2.40. The van der Waals surface area contributed by atoms with E-state index in [1.54, 1.807) is 25.1 Å². The van der Waals surface area contributed by atoms with Crippen LogP contribution in [0.1, 0.15) is 32.3 Å². The zero-order chi connectivity index (χ0) is 19.1. The van der Waals surface area contributed by atoms with Crippen molar-refractivity contribution in [3.8, 4) is 0 Å². The van der Waals surface area contributed by atoms with E-state index in [0.29, 0.717) is 5.69 Å². The molecule has 8 heteroatoms. The van der Waals surface area contributed by atoms with Crippen LogP contribution in [-0.4, -0.2) is 46.6 Å². The number of hydrogen-bond donors (Lipinski definition) is 0. The molecule has 2 aliphatic rings. The van der Waals surface area contributed by atoms with Gasteiger partial charge in [0.15, 0.2) is 5.54 Å². The van der Waals surface area contributed by atoms with Crippen molar-refractivity contribution >= 4 is 35.1 Å². The van der Waals surface area contributed by atoms with Gasteiger partial charge in [-0.2, -0.15) is 5.10 Å². The number of rotatable bonds is 3. The molecule has 1 saturated heterocycles. The number of nitrogens with zero attached hydrogens (tertiary/aromatic N) is 3. The monoisotopic (exact) mass is 357 g/mol. The van der Waals surface area contributed by atoms with Crippen LogP contribution >= 0.6 is 0 Å². The van der Waals surface area contributed by atoms with Crippen LogP contribution in [-0.2, 0) is 23.9 Å². The molecule has 1 aromatic carbocycles. The lowest BCUT2D eigenvalue weighted by Gasteiger charge is -2.28. The molecule has 0 aromatic heterocycles. The number of anilines is 1. The highest BCUT2D eigenvalue weighted by Gasteiger charge is 2.61. The van der Waals surface area contributed by atoms with Gasteiger partial charge >= 0.3 is 5.97 Å². The third-order valence-corrected chi connectivity index (χ3v) is 4.45. The summed E-state index contributed by atoms with van der Waals surface area (Å²) in [6, 6.07) is 6.97. The fourth-order valence-electron chi connectivity index (χ4n) is 3.36. The summed E-state index contributed by atoms with van der Waals surface area (Å²) in [7, 11) is 0. The quantitative estimate of drug-likeness (QED) is 0.598. The van der Waals surface area contributed by atoms with E-state index in [1.807, 2.05) is 13.0 Å². The third-order valence-electron chi connectivity index (χ3n) is 4.45. The fraction of sp³-hybridized carbons (Fsp3) is 0.389. The van der Waals surface area contributed by atoms with Crippen LogP contribution < -0.4 is 4.90 Å². The van der Waals surface area contributed by atoms with E-state index >= 15 is 0 Å². The number of amides is 3. The molecule has 8 nitrogen and oxygen atoms in total. The Hall–Kier alpha value is -3.03. The Kier molecular flexibility index (Phi) is 4.35. The van der Waals surface area contributed by atoms with Gasteiger partial charge in [-0.3, -0.25) is 14.4 Å². The molecule has 0 radical (unpaired) electrons. The van der Waals surface area contributed by atoms with E-state index in [4.69, 9.17) is 4.74 Å². The van der Waals surface area contributed by atoms with Crippen LogP contribution in [0.4, 0.5) is 5.69 Å². The van der Waals surface area contributed by atoms with Gasteiger partial charge in [-0.05, 0) is 31.5 Å². The van der Waals surface area contributed by atoms with Crippen molar-refractivity contribution in [1.82, 2.24) is 5.01 Å². The molecule has 0 unspecified atom stereocenters. The van der Waals surface area contributed by atoms with Gasteiger partial charge in [-0.15, -0.1) is 0 Å². The number of esters is 1. The van der Waals surface area contributed by atoms with Crippen LogP contribution in [0.2, 0.25) is 0 Å². The number of carbonyl (C=O) groups is 4. The van der Waals surface area contributed by atoms with Crippen molar-refractivity contribution < 1.29 is 23.9 Å². The Labute approximate surface area is 150 Å². The van der Waals surface area contributed by atoms with E-state index in [9.17, 15) is 19.2 Å². The molecule has 26 heavy (non-hydrogen) atoms. The third kappa shape index (κ3) is 2.67. The average molecular weight is 357 g/mol. The summed E-state index contributed by atoms with van der Waals surface area (Å²) < 4.78 is 4.93. The Morgan fingerprint density at radius 1 is 1.27 bits per heavy atom. The van der Waals surface area contributed by atoms with Gasteiger partial charge in [0, 0.05) is 13.3 Å². The molecular formula is C18H19N3O5. The highest BCUT2D eigenvalue weighted by atomic mass is 16.5. The first-order chi connectivity index (χ1) is 12.3. The number of ether oxygens (including phenoxy) is 1. The molecular weight excluding hydrogens is 338 g/mol. The normalized spacial score (nSPS) is 22.2. The molecule has 1 atom stereocenters. The predicted molar refractivity (Wildman–Crippen MR) is 92.2 cm³/mol. The van der Waals surface area contributed by atoms with E-state index in [0.717, 1.165) is 15.5 Å². The topological polar surface area (TPSA) is 96.3 Å². The van der Waals surface area contributed by atoms with Crippen molar-refractivity contribution in [3.63, 3.8) is 0 Å². The Morgan fingerprint density at radius 2 is 2.00 bits per heavy atom. The summed E-state index contributed by atoms with van der Waals surface area (Å²) in [6.45, 7) is 4.89. The van der Waals surface area contributed by atoms with Crippen LogP contribution in [0.3, 0.4) is 0 Å². The number of hydrogen-bond acceptors (Lipinski definition) is 6. The number of carbonyl (C=O) groups excluding carboxylic acids is 4. The minimum Gasteiger partial charge on any atom is -0.461 e. The lowest BCUT2D eigenvalue weighted by atomic mass is 9.91. The maximum absolute atomic E-state index is 13.2. The van der Waals surface area contributed by atoms with Crippen LogP contribution in [0, 0.1) is 6.92 Å². The van der Waals surface area contributed by atoms with Gasteiger partial charge in [0.2, 0.25) is 11.8 Å². The van der Waals surface area contributed by atoms with Gasteiger partial charge in [-0.1, -0.05) is 12.1 Å². The number of benzene rings is 1. The predicted octanol–water partition coefficient (Wildman–Crippen LogP) is 1.17. The Balaban J connectivity index is 1.99. The molecule has 0 N–H and O–H groups in total. The van der Waals surface area contributed by atoms with Crippen LogP contribution in [0.25, 0.3) is 0 Å². The minimum absolute atomic E-state index is 0.0331. The van der Waals surface area contributed by atoms with Crippen LogP contribution in [0.5, 0.6) is 0 Å². The molecule has 0 saturated carbocycles. The summed E-state index contributed by atoms with van der Waals surface area (Å²) in [6.07, 6.45) is -0.371. The molecule has 2 heterocycles. The van der Waals surface area contributed by atoms with Gasteiger partial charge in [0.25, 0.3) is 5.91 Å². The number of aryl methyl sites for hydroxylation is 1. The summed E-state index contributed by atoms with van der Waals surface area (Å²) >= 11 is 0. The van der Waals surface area contributed by atoms with E-state index < -0.39 is 29.2 Å². The first-order valence-electron chi connectivity index (χ1n) is 8.29. The first kappa shape index (κ1) is 17.8. The maximum atomic E-state index is 13.2. The molecule has 0 bridgehead atoms. The van der Waals surface area contributed by atoms with E-state index in [-0.39, 0.29) is 25.2 Å². The standard InChI is InChI=1S/C18H19N3O5/c1-4-26-16(24)14-9-18(21(19-14)12(3)22)10-15(23)20(17(18)25)13-7-5-6-11(2)8-13/h5-8H,4,9-10H2,1-3H3/t18-/m1/s1. The zero-order valence-electron chi connectivity index (χ0n) is 14.8. The second-order valence-corrected chi connectivity index (χ2v) is 6.36. The largest absolute Gasteiger partial charge is 0.461 e. The van der Waals surface area contributed by atoms with Crippen LogP contribution in [0.15, 0.2) is 29.4 Å².